The van der Waals surface area contributed by atoms with Gasteiger partial charge in [-0.05, 0) is 46.9 Å². The van der Waals surface area contributed by atoms with E-state index in [2.05, 4.69) is 4.98 Å². The second-order valence-corrected chi connectivity index (χ2v) is 6.38. The molecule has 0 bridgehead atoms. The van der Waals surface area contributed by atoms with E-state index in [4.69, 9.17) is 4.74 Å². The summed E-state index contributed by atoms with van der Waals surface area (Å²) in [4.78, 5) is 30.6. The molecule has 1 heterocycles. The molecule has 142 valence electrons. The summed E-state index contributed by atoms with van der Waals surface area (Å²) in [5.74, 6) is -0.524. The number of Topliss-reactive ketones (excluding diaryl/α,β-unsaturated/α-hetero) is 1. The molecule has 0 saturated heterocycles. The maximum Gasteiger partial charge on any atom is 0.340 e. The molecule has 0 spiro atoms. The minimum Gasteiger partial charge on any atom is -1.00 e. The molecule has 6 heteroatoms. The van der Waals surface area contributed by atoms with Crippen molar-refractivity contribution in [3.63, 3.8) is 0 Å². The molecule has 5 nitrogen and oxygen atoms in total. The smallest absolute Gasteiger partial charge is 0.340 e. The summed E-state index contributed by atoms with van der Waals surface area (Å²) in [7, 11) is 3.76. The third-order valence-electron chi connectivity index (χ3n) is 4.30. The number of likely N-dealkylation sites (N-methyl/N-ethyl adjacent to an activating group) is 1. The van der Waals surface area contributed by atoms with Gasteiger partial charge in [0.05, 0.1) is 23.8 Å². The number of esters is 1. The molecule has 0 amide bonds. The van der Waals surface area contributed by atoms with E-state index in [-0.39, 0.29) is 30.8 Å². The highest BCUT2D eigenvalue weighted by molar-refractivity contribution is 6.10. The molecule has 1 aromatic carbocycles. The Labute approximate surface area is 161 Å². The highest BCUT2D eigenvalue weighted by Crippen LogP contribution is 2.23. The van der Waals surface area contributed by atoms with Crippen LogP contribution in [0.3, 0.4) is 0 Å². The Morgan fingerprint density at radius 1 is 1.08 bits per heavy atom. The van der Waals surface area contributed by atoms with Crippen LogP contribution in [0.5, 0.6) is 0 Å². The summed E-state index contributed by atoms with van der Waals surface area (Å²) < 4.78 is 5.15. The fourth-order valence-electron chi connectivity index (χ4n) is 3.06. The summed E-state index contributed by atoms with van der Waals surface area (Å²) in [5, 5.41) is 0. The lowest BCUT2D eigenvalue weighted by Crippen LogP contribution is -3.00. The van der Waals surface area contributed by atoms with E-state index in [1.807, 2.05) is 56.3 Å². The lowest BCUT2D eigenvalue weighted by Gasteiger charge is -2.23. The highest BCUT2D eigenvalue weighted by Gasteiger charge is 2.31. The molecule has 0 aliphatic heterocycles. The van der Waals surface area contributed by atoms with Gasteiger partial charge in [0.2, 0.25) is 0 Å². The zero-order valence-corrected chi connectivity index (χ0v) is 16.7. The lowest BCUT2D eigenvalue weighted by atomic mass is 9.94. The number of hydrogen-bond acceptors (Lipinski definition) is 4. The second-order valence-electron chi connectivity index (χ2n) is 6.38. The van der Waals surface area contributed by atoms with Crippen LogP contribution in [0.25, 0.3) is 0 Å². The average Bonchev–Trinajstić information content (AvgIpc) is 2.87. The summed E-state index contributed by atoms with van der Waals surface area (Å²) in [6.45, 7) is 5.64. The number of benzene rings is 1. The van der Waals surface area contributed by atoms with E-state index in [0.717, 1.165) is 5.56 Å². The minimum absolute atomic E-state index is 0. The number of ether oxygens (including phenoxy) is 1. The van der Waals surface area contributed by atoms with Gasteiger partial charge in [-0.1, -0.05) is 30.3 Å². The monoisotopic (exact) mass is 377 g/mol. The number of rotatable bonds is 7. The van der Waals surface area contributed by atoms with Crippen molar-refractivity contribution in [2.24, 2.45) is 0 Å². The Morgan fingerprint density at radius 2 is 1.65 bits per heavy atom. The van der Waals surface area contributed by atoms with Crippen LogP contribution in [0.1, 0.15) is 44.6 Å². The predicted octanol–water partition coefficient (Wildman–Crippen LogP) is 0.168. The summed E-state index contributed by atoms with van der Waals surface area (Å²) in [6.07, 6.45) is 0.582. The number of carbonyl (C=O) groups excluding carboxylic acids is 2. The number of aromatic nitrogens is 1. The molecular weight excluding hydrogens is 352 g/mol. The van der Waals surface area contributed by atoms with Crippen molar-refractivity contribution in [1.29, 1.82) is 0 Å². The van der Waals surface area contributed by atoms with Gasteiger partial charge < -0.3 is 22.1 Å². The summed E-state index contributed by atoms with van der Waals surface area (Å²) in [5.41, 5.74) is 3.23. The normalized spacial score (nSPS) is 11.8. The van der Waals surface area contributed by atoms with Crippen molar-refractivity contribution in [3.8, 4) is 0 Å². The van der Waals surface area contributed by atoms with Gasteiger partial charge in [0.15, 0.2) is 5.78 Å². The first kappa shape index (κ1) is 21.9. The molecule has 1 unspecified atom stereocenters. The minimum atomic E-state index is -0.454. The number of aromatic amines is 1. The van der Waals surface area contributed by atoms with Crippen LogP contribution in [0.4, 0.5) is 0 Å². The van der Waals surface area contributed by atoms with Crippen LogP contribution in [0.2, 0.25) is 0 Å². The van der Waals surface area contributed by atoms with Gasteiger partial charge in [-0.25, -0.2) is 4.79 Å². The molecule has 26 heavy (non-hydrogen) atoms. The van der Waals surface area contributed by atoms with Crippen molar-refractivity contribution >= 4 is 11.8 Å². The first-order valence-electron chi connectivity index (χ1n) is 8.47. The number of nitrogens with zero attached hydrogens (tertiary/aromatic N) is 1. The van der Waals surface area contributed by atoms with E-state index < -0.39 is 5.97 Å². The van der Waals surface area contributed by atoms with Crippen LogP contribution in [-0.4, -0.2) is 48.4 Å². The zero-order valence-electron chi connectivity index (χ0n) is 15.9. The summed E-state index contributed by atoms with van der Waals surface area (Å²) in [6, 6.07) is 9.53. The van der Waals surface area contributed by atoms with E-state index in [1.54, 1.807) is 13.8 Å². The van der Waals surface area contributed by atoms with E-state index >= 15 is 0 Å². The number of aryl methyl sites for hydroxylation is 2. The largest absolute Gasteiger partial charge is 1.00 e. The molecule has 1 N–H and O–H groups in total. The maximum absolute atomic E-state index is 13.3. The molecular formula is C20H26ClN2O3-. The van der Waals surface area contributed by atoms with Crippen LogP contribution in [0, 0.1) is 13.8 Å². The number of halogens is 1. The molecule has 2 rings (SSSR count). The first-order valence-corrected chi connectivity index (χ1v) is 8.47. The lowest BCUT2D eigenvalue weighted by molar-refractivity contribution is -0.0000310. The van der Waals surface area contributed by atoms with Crippen LogP contribution >= 0.6 is 0 Å². The van der Waals surface area contributed by atoms with Gasteiger partial charge in [0.25, 0.3) is 0 Å². The van der Waals surface area contributed by atoms with Crippen molar-refractivity contribution in [3.05, 3.63) is 58.4 Å². The Hall–Kier alpha value is -2.11. The predicted molar refractivity (Wildman–Crippen MR) is 98.2 cm³/mol. The molecule has 2 aromatic rings. The fourth-order valence-corrected chi connectivity index (χ4v) is 3.06. The van der Waals surface area contributed by atoms with Crippen LogP contribution in [-0.2, 0) is 11.2 Å². The molecule has 1 atom stereocenters. The third kappa shape index (κ3) is 4.74. The number of hydrogen-bond donors (Lipinski definition) is 1. The molecule has 0 fully saturated rings. The van der Waals surface area contributed by atoms with Crippen molar-refractivity contribution in [2.45, 2.75) is 33.2 Å². The number of ketones is 1. The van der Waals surface area contributed by atoms with Gasteiger partial charge in [-0.2, -0.15) is 0 Å². The van der Waals surface area contributed by atoms with Crippen molar-refractivity contribution < 1.29 is 26.7 Å². The van der Waals surface area contributed by atoms with Gasteiger partial charge in [-0.15, -0.1) is 0 Å². The maximum atomic E-state index is 13.3. The van der Waals surface area contributed by atoms with Gasteiger partial charge in [-0.3, -0.25) is 9.69 Å². The number of carbonyl (C=O) groups is 2. The molecule has 0 aliphatic rings. The van der Waals surface area contributed by atoms with Crippen molar-refractivity contribution in [2.75, 3.05) is 20.7 Å². The molecule has 0 radical (unpaired) electrons. The molecule has 0 aliphatic carbocycles. The molecule has 0 saturated carbocycles. The Morgan fingerprint density at radius 3 is 2.19 bits per heavy atom. The van der Waals surface area contributed by atoms with E-state index in [0.29, 0.717) is 28.9 Å². The van der Waals surface area contributed by atoms with E-state index in [1.165, 1.54) is 0 Å². The van der Waals surface area contributed by atoms with Gasteiger partial charge in [0, 0.05) is 11.4 Å². The number of H-pyrrole nitrogens is 1. The quantitative estimate of drug-likeness (QED) is 0.552. The highest BCUT2D eigenvalue weighted by atomic mass is 35.5. The third-order valence-corrected chi connectivity index (χ3v) is 4.30. The second kappa shape index (κ2) is 9.55. The number of nitrogens with one attached hydrogen (secondary N) is 1. The van der Waals surface area contributed by atoms with Crippen LogP contribution < -0.4 is 12.4 Å². The Kier molecular flexibility index (Phi) is 8.06. The van der Waals surface area contributed by atoms with Gasteiger partial charge in [0.1, 0.15) is 0 Å². The zero-order chi connectivity index (χ0) is 18.6. The SMILES string of the molecule is CCOC(=O)c1c(C)[nH]c(C)c1C(=O)C(Cc1ccccc1)N(C)C.[Cl-]. The van der Waals surface area contributed by atoms with Crippen LogP contribution in [0.15, 0.2) is 30.3 Å². The fraction of sp³-hybridized carbons (Fsp3) is 0.400. The topological polar surface area (TPSA) is 62.4 Å². The Bertz CT molecular complexity index is 754. The first-order chi connectivity index (χ1) is 11.9. The Balaban J connectivity index is 0.00000338. The average molecular weight is 378 g/mol. The molecule has 1 aromatic heterocycles. The summed E-state index contributed by atoms with van der Waals surface area (Å²) >= 11 is 0. The van der Waals surface area contributed by atoms with Gasteiger partial charge >= 0.3 is 5.97 Å². The standard InChI is InChI=1S/C20H26N2O3.ClH/c1-6-25-20(24)18-14(3)21-13(2)17(18)19(23)16(22(4)5)12-15-10-8-7-9-11-15;/h7-11,16,21H,6,12H2,1-5H3;1H/p-1. The van der Waals surface area contributed by atoms with Crippen molar-refractivity contribution in [1.82, 2.24) is 9.88 Å². The van der Waals surface area contributed by atoms with E-state index in [9.17, 15) is 9.59 Å².